The Bertz CT molecular complexity index is 547. The van der Waals surface area contributed by atoms with Crippen LogP contribution in [0.15, 0.2) is 18.2 Å². The van der Waals surface area contributed by atoms with Crippen LogP contribution in [0.1, 0.15) is 35.2 Å². The standard InChI is InChI=1S/C16H20ClNO4/c1-21-16(20)11-5-6-14-12(8-11)9-13(22-14)10-18-15(19)4-2-3-7-17/h5-6,8,13H,2-4,7,9-10H2,1H3,(H,18,19)/t13-/m1/s1. The summed E-state index contributed by atoms with van der Waals surface area (Å²) in [5, 5.41) is 2.87. The number of hydrogen-bond acceptors (Lipinski definition) is 4. The summed E-state index contributed by atoms with van der Waals surface area (Å²) in [6.07, 6.45) is 2.70. The highest BCUT2D eigenvalue weighted by molar-refractivity contribution is 6.17. The number of nitrogens with one attached hydrogen (secondary N) is 1. The largest absolute Gasteiger partial charge is 0.488 e. The number of rotatable bonds is 7. The molecule has 1 aromatic carbocycles. The van der Waals surface area contributed by atoms with Gasteiger partial charge in [0.05, 0.1) is 19.2 Å². The summed E-state index contributed by atoms with van der Waals surface area (Å²) in [6.45, 7) is 0.460. The van der Waals surface area contributed by atoms with Crippen molar-refractivity contribution in [3.63, 3.8) is 0 Å². The molecule has 0 saturated carbocycles. The number of esters is 1. The normalized spacial score (nSPS) is 15.8. The molecular formula is C16H20ClNO4. The van der Waals surface area contributed by atoms with Crippen molar-refractivity contribution in [1.82, 2.24) is 5.32 Å². The lowest BCUT2D eigenvalue weighted by Crippen LogP contribution is -2.34. The van der Waals surface area contributed by atoms with Gasteiger partial charge in [-0.1, -0.05) is 0 Å². The van der Waals surface area contributed by atoms with Gasteiger partial charge in [0, 0.05) is 18.7 Å². The lowest BCUT2D eigenvalue weighted by atomic mass is 10.1. The molecule has 2 rings (SSSR count). The Labute approximate surface area is 134 Å². The molecule has 1 atom stereocenters. The molecule has 0 fully saturated rings. The molecule has 22 heavy (non-hydrogen) atoms. The second-order valence-electron chi connectivity index (χ2n) is 5.21. The first-order valence-corrected chi connectivity index (χ1v) is 7.88. The van der Waals surface area contributed by atoms with Gasteiger partial charge in [-0.3, -0.25) is 4.79 Å². The Morgan fingerprint density at radius 1 is 1.41 bits per heavy atom. The number of methoxy groups -OCH3 is 1. The first kappa shape index (κ1) is 16.6. The van der Waals surface area contributed by atoms with Crippen molar-refractivity contribution in [3.8, 4) is 5.75 Å². The summed E-state index contributed by atoms with van der Waals surface area (Å²) in [4.78, 5) is 23.2. The highest BCUT2D eigenvalue weighted by Gasteiger charge is 2.24. The second kappa shape index (κ2) is 8.03. The highest BCUT2D eigenvalue weighted by atomic mass is 35.5. The van der Waals surface area contributed by atoms with Gasteiger partial charge in [-0.15, -0.1) is 11.6 Å². The highest BCUT2D eigenvalue weighted by Crippen LogP contribution is 2.29. The van der Waals surface area contributed by atoms with Crippen molar-refractivity contribution >= 4 is 23.5 Å². The summed E-state index contributed by atoms with van der Waals surface area (Å²) in [5.41, 5.74) is 1.47. The molecule has 1 N–H and O–H groups in total. The predicted octanol–water partition coefficient (Wildman–Crippen LogP) is 2.30. The number of benzene rings is 1. The number of alkyl halides is 1. The number of ether oxygens (including phenoxy) is 2. The van der Waals surface area contributed by atoms with Gasteiger partial charge in [0.15, 0.2) is 0 Å². The third-order valence-corrected chi connectivity index (χ3v) is 3.80. The molecule has 1 heterocycles. The van der Waals surface area contributed by atoms with Crippen LogP contribution >= 0.6 is 11.6 Å². The van der Waals surface area contributed by atoms with Crippen LogP contribution in [0, 0.1) is 0 Å². The lowest BCUT2D eigenvalue weighted by Gasteiger charge is -2.11. The summed E-state index contributed by atoms with van der Waals surface area (Å²) in [5.74, 6) is 0.990. The van der Waals surface area contributed by atoms with Crippen LogP contribution in [0.25, 0.3) is 0 Å². The van der Waals surface area contributed by atoms with E-state index in [1.165, 1.54) is 7.11 Å². The maximum absolute atomic E-state index is 11.7. The average Bonchev–Trinajstić information content (AvgIpc) is 2.94. The van der Waals surface area contributed by atoms with Gasteiger partial charge in [0.2, 0.25) is 5.91 Å². The molecule has 1 amide bonds. The van der Waals surface area contributed by atoms with Crippen molar-refractivity contribution < 1.29 is 19.1 Å². The Kier molecular flexibility index (Phi) is 6.07. The SMILES string of the molecule is COC(=O)c1ccc2c(c1)C[C@H](CNC(=O)CCCCCl)O2. The Balaban J connectivity index is 1.82. The fourth-order valence-corrected chi connectivity index (χ4v) is 2.56. The molecule has 1 aliphatic rings. The predicted molar refractivity (Wildman–Crippen MR) is 83.5 cm³/mol. The molecule has 0 radical (unpaired) electrons. The number of unbranched alkanes of at least 4 members (excludes halogenated alkanes) is 1. The quantitative estimate of drug-likeness (QED) is 0.474. The molecule has 6 heteroatoms. The third kappa shape index (κ3) is 4.37. The van der Waals surface area contributed by atoms with E-state index in [-0.39, 0.29) is 18.0 Å². The van der Waals surface area contributed by atoms with Crippen molar-refractivity contribution in [1.29, 1.82) is 0 Å². The molecule has 0 saturated heterocycles. The monoisotopic (exact) mass is 325 g/mol. The summed E-state index contributed by atoms with van der Waals surface area (Å²) >= 11 is 5.58. The molecule has 1 aromatic rings. The van der Waals surface area contributed by atoms with Crippen LogP contribution in [-0.4, -0.2) is 37.5 Å². The molecule has 1 aliphatic heterocycles. The molecule has 5 nitrogen and oxygen atoms in total. The Hall–Kier alpha value is -1.75. The van der Waals surface area contributed by atoms with Gasteiger partial charge < -0.3 is 14.8 Å². The van der Waals surface area contributed by atoms with Crippen molar-refractivity contribution in [3.05, 3.63) is 29.3 Å². The smallest absolute Gasteiger partial charge is 0.337 e. The van der Waals surface area contributed by atoms with Crippen LogP contribution in [0.4, 0.5) is 0 Å². The van der Waals surface area contributed by atoms with E-state index in [9.17, 15) is 9.59 Å². The second-order valence-corrected chi connectivity index (χ2v) is 5.59. The molecule has 0 aromatic heterocycles. The zero-order valence-electron chi connectivity index (χ0n) is 12.6. The van der Waals surface area contributed by atoms with Crippen molar-refractivity contribution in [2.75, 3.05) is 19.5 Å². The lowest BCUT2D eigenvalue weighted by molar-refractivity contribution is -0.121. The van der Waals surface area contributed by atoms with Crippen molar-refractivity contribution in [2.24, 2.45) is 0 Å². The maximum atomic E-state index is 11.7. The molecule has 0 bridgehead atoms. The van der Waals surface area contributed by atoms with E-state index in [4.69, 9.17) is 21.1 Å². The van der Waals surface area contributed by atoms with E-state index in [0.29, 0.717) is 30.8 Å². The van der Waals surface area contributed by atoms with Gasteiger partial charge in [-0.05, 0) is 36.6 Å². The zero-order chi connectivity index (χ0) is 15.9. The van der Waals surface area contributed by atoms with Gasteiger partial charge >= 0.3 is 5.97 Å². The van der Waals surface area contributed by atoms with Crippen LogP contribution in [0.5, 0.6) is 5.75 Å². The van der Waals surface area contributed by atoms with Crippen LogP contribution in [-0.2, 0) is 16.0 Å². The summed E-state index contributed by atoms with van der Waals surface area (Å²) < 4.78 is 10.5. The minimum Gasteiger partial charge on any atom is -0.488 e. The van der Waals surface area contributed by atoms with Crippen LogP contribution in [0.2, 0.25) is 0 Å². The first-order chi connectivity index (χ1) is 10.6. The zero-order valence-corrected chi connectivity index (χ0v) is 13.3. The van der Waals surface area contributed by atoms with E-state index < -0.39 is 0 Å². The molecule has 120 valence electrons. The molecule has 0 aliphatic carbocycles. The van der Waals surface area contributed by atoms with Crippen LogP contribution < -0.4 is 10.1 Å². The first-order valence-electron chi connectivity index (χ1n) is 7.34. The minimum atomic E-state index is -0.362. The van der Waals surface area contributed by atoms with Gasteiger partial charge in [-0.25, -0.2) is 4.79 Å². The maximum Gasteiger partial charge on any atom is 0.337 e. The van der Waals surface area contributed by atoms with E-state index in [1.54, 1.807) is 18.2 Å². The number of fused-ring (bicyclic) bond motifs is 1. The van der Waals surface area contributed by atoms with Gasteiger partial charge in [0.25, 0.3) is 0 Å². The van der Waals surface area contributed by atoms with Gasteiger partial charge in [-0.2, -0.15) is 0 Å². The number of carbonyl (C=O) groups excluding carboxylic acids is 2. The third-order valence-electron chi connectivity index (χ3n) is 3.54. The van der Waals surface area contributed by atoms with E-state index in [2.05, 4.69) is 5.32 Å². The number of halogens is 1. The average molecular weight is 326 g/mol. The topological polar surface area (TPSA) is 64.6 Å². The minimum absolute atomic E-state index is 0.0138. The van der Waals surface area contributed by atoms with Crippen LogP contribution in [0.3, 0.4) is 0 Å². The molecule has 0 spiro atoms. The number of carbonyl (C=O) groups is 2. The molecular weight excluding hydrogens is 306 g/mol. The van der Waals surface area contributed by atoms with Gasteiger partial charge in [0.1, 0.15) is 11.9 Å². The van der Waals surface area contributed by atoms with Crippen molar-refractivity contribution in [2.45, 2.75) is 31.8 Å². The Morgan fingerprint density at radius 3 is 2.95 bits per heavy atom. The van der Waals surface area contributed by atoms with E-state index >= 15 is 0 Å². The van der Waals surface area contributed by atoms with E-state index in [0.717, 1.165) is 24.2 Å². The summed E-state index contributed by atoms with van der Waals surface area (Å²) in [7, 11) is 1.36. The van der Waals surface area contributed by atoms with E-state index in [1.807, 2.05) is 0 Å². The number of hydrogen-bond donors (Lipinski definition) is 1. The summed E-state index contributed by atoms with van der Waals surface area (Å²) in [6, 6.07) is 5.23. The molecule has 0 unspecified atom stereocenters. The fourth-order valence-electron chi connectivity index (χ4n) is 2.38. The fraction of sp³-hybridized carbons (Fsp3) is 0.500. The Morgan fingerprint density at radius 2 is 2.23 bits per heavy atom. The number of amides is 1.